The fraction of sp³-hybridized carbons (Fsp3) is 0.692. The number of aromatic nitrogens is 2. The standard InChI is InChI=1S/C13H22N2O/c1-5-10(3)7-13(16)9-12-8-11(4)14-15(12)6-2/h8,10H,5-7,9H2,1-4H3. The fourth-order valence-corrected chi connectivity index (χ4v) is 1.82. The summed E-state index contributed by atoms with van der Waals surface area (Å²) in [5, 5.41) is 4.35. The monoisotopic (exact) mass is 222 g/mol. The van der Waals surface area contributed by atoms with E-state index < -0.39 is 0 Å². The minimum Gasteiger partial charge on any atom is -0.299 e. The van der Waals surface area contributed by atoms with E-state index in [9.17, 15) is 4.79 Å². The van der Waals surface area contributed by atoms with E-state index in [2.05, 4.69) is 25.9 Å². The van der Waals surface area contributed by atoms with Crippen molar-refractivity contribution in [2.45, 2.75) is 53.5 Å². The molecule has 0 amide bonds. The molecule has 0 spiro atoms. The first-order valence-electron chi connectivity index (χ1n) is 6.11. The van der Waals surface area contributed by atoms with Crippen LogP contribution in [-0.2, 0) is 17.8 Å². The Hall–Kier alpha value is -1.12. The van der Waals surface area contributed by atoms with Crippen molar-refractivity contribution in [3.8, 4) is 0 Å². The maximum Gasteiger partial charge on any atom is 0.139 e. The van der Waals surface area contributed by atoms with Crippen molar-refractivity contribution >= 4 is 5.78 Å². The molecule has 0 aliphatic rings. The van der Waals surface area contributed by atoms with Crippen LogP contribution in [0, 0.1) is 12.8 Å². The van der Waals surface area contributed by atoms with E-state index in [0.717, 1.165) is 24.4 Å². The van der Waals surface area contributed by atoms with Gasteiger partial charge in [-0.2, -0.15) is 5.10 Å². The SMILES string of the molecule is CCC(C)CC(=O)Cc1cc(C)nn1CC. The van der Waals surface area contributed by atoms with Gasteiger partial charge in [-0.25, -0.2) is 0 Å². The number of Topliss-reactive ketones (excluding diaryl/α,β-unsaturated/α-hetero) is 1. The van der Waals surface area contributed by atoms with Crippen molar-refractivity contribution in [1.82, 2.24) is 9.78 Å². The Morgan fingerprint density at radius 3 is 2.75 bits per heavy atom. The smallest absolute Gasteiger partial charge is 0.139 e. The second-order valence-corrected chi connectivity index (χ2v) is 4.53. The normalized spacial score (nSPS) is 12.8. The maximum absolute atomic E-state index is 11.8. The Kier molecular flexibility index (Phi) is 4.71. The van der Waals surface area contributed by atoms with E-state index in [0.29, 0.717) is 24.5 Å². The van der Waals surface area contributed by atoms with Gasteiger partial charge in [-0.3, -0.25) is 9.48 Å². The van der Waals surface area contributed by atoms with Gasteiger partial charge in [0.05, 0.1) is 5.69 Å². The van der Waals surface area contributed by atoms with Gasteiger partial charge in [-0.1, -0.05) is 20.3 Å². The number of aryl methyl sites for hydroxylation is 2. The summed E-state index contributed by atoms with van der Waals surface area (Å²) in [7, 11) is 0. The summed E-state index contributed by atoms with van der Waals surface area (Å²) in [5.74, 6) is 0.815. The van der Waals surface area contributed by atoms with Gasteiger partial charge in [0.25, 0.3) is 0 Å². The molecule has 0 radical (unpaired) electrons. The van der Waals surface area contributed by atoms with Gasteiger partial charge >= 0.3 is 0 Å². The number of carbonyl (C=O) groups excluding carboxylic acids is 1. The Morgan fingerprint density at radius 2 is 2.19 bits per heavy atom. The quantitative estimate of drug-likeness (QED) is 0.741. The summed E-state index contributed by atoms with van der Waals surface area (Å²) < 4.78 is 1.92. The number of hydrogen-bond donors (Lipinski definition) is 0. The number of ketones is 1. The van der Waals surface area contributed by atoms with Crippen LogP contribution < -0.4 is 0 Å². The van der Waals surface area contributed by atoms with Crippen LogP contribution in [0.3, 0.4) is 0 Å². The fourth-order valence-electron chi connectivity index (χ4n) is 1.82. The zero-order valence-corrected chi connectivity index (χ0v) is 10.8. The van der Waals surface area contributed by atoms with Crippen LogP contribution in [0.4, 0.5) is 0 Å². The van der Waals surface area contributed by atoms with Crippen molar-refractivity contribution in [3.05, 3.63) is 17.5 Å². The van der Waals surface area contributed by atoms with Crippen molar-refractivity contribution in [1.29, 1.82) is 0 Å². The predicted octanol–water partition coefficient (Wildman–Crippen LogP) is 2.76. The zero-order chi connectivity index (χ0) is 12.1. The van der Waals surface area contributed by atoms with Gasteiger partial charge < -0.3 is 0 Å². The predicted molar refractivity (Wildman–Crippen MR) is 65.4 cm³/mol. The first kappa shape index (κ1) is 12.9. The highest BCUT2D eigenvalue weighted by atomic mass is 16.1. The highest BCUT2D eigenvalue weighted by molar-refractivity contribution is 5.80. The van der Waals surface area contributed by atoms with E-state index in [1.807, 2.05) is 17.7 Å². The Balaban J connectivity index is 2.61. The molecular formula is C13H22N2O. The molecule has 1 aromatic heterocycles. The Bertz CT molecular complexity index is 355. The molecule has 0 fully saturated rings. The number of carbonyl (C=O) groups is 1. The maximum atomic E-state index is 11.8. The van der Waals surface area contributed by atoms with Crippen LogP contribution in [0.25, 0.3) is 0 Å². The average Bonchev–Trinajstić information content (AvgIpc) is 2.58. The molecule has 1 rings (SSSR count). The zero-order valence-electron chi connectivity index (χ0n) is 10.8. The third-order valence-electron chi connectivity index (χ3n) is 2.94. The molecule has 3 heteroatoms. The van der Waals surface area contributed by atoms with Crippen molar-refractivity contribution in [3.63, 3.8) is 0 Å². The topological polar surface area (TPSA) is 34.9 Å². The molecule has 0 saturated carbocycles. The third-order valence-corrected chi connectivity index (χ3v) is 2.94. The highest BCUT2D eigenvalue weighted by Crippen LogP contribution is 2.11. The van der Waals surface area contributed by atoms with Crippen LogP contribution in [0.2, 0.25) is 0 Å². The second kappa shape index (κ2) is 5.83. The van der Waals surface area contributed by atoms with Crippen molar-refractivity contribution in [2.75, 3.05) is 0 Å². The molecule has 90 valence electrons. The molecule has 0 aliphatic heterocycles. The molecule has 0 aliphatic carbocycles. The van der Waals surface area contributed by atoms with E-state index in [-0.39, 0.29) is 0 Å². The molecule has 1 aromatic rings. The third kappa shape index (κ3) is 3.47. The molecule has 3 nitrogen and oxygen atoms in total. The van der Waals surface area contributed by atoms with Crippen LogP contribution in [-0.4, -0.2) is 15.6 Å². The van der Waals surface area contributed by atoms with Crippen molar-refractivity contribution < 1.29 is 4.79 Å². The lowest BCUT2D eigenvalue weighted by molar-refractivity contribution is -0.119. The molecule has 1 atom stereocenters. The first-order valence-corrected chi connectivity index (χ1v) is 6.11. The molecule has 0 saturated heterocycles. The van der Waals surface area contributed by atoms with Gasteiger partial charge in [0, 0.05) is 25.1 Å². The molecule has 1 heterocycles. The van der Waals surface area contributed by atoms with Crippen molar-refractivity contribution in [2.24, 2.45) is 5.92 Å². The number of hydrogen-bond acceptors (Lipinski definition) is 2. The molecular weight excluding hydrogens is 200 g/mol. The summed E-state index contributed by atoms with van der Waals surface area (Å²) in [4.78, 5) is 11.8. The van der Waals surface area contributed by atoms with E-state index in [1.54, 1.807) is 0 Å². The number of nitrogens with zero attached hydrogens (tertiary/aromatic N) is 2. The molecule has 1 unspecified atom stereocenters. The second-order valence-electron chi connectivity index (χ2n) is 4.53. The summed E-state index contributed by atoms with van der Waals surface area (Å²) in [6.45, 7) is 9.10. The minimum absolute atomic E-state index is 0.323. The van der Waals surface area contributed by atoms with Crippen LogP contribution in [0.1, 0.15) is 45.0 Å². The highest BCUT2D eigenvalue weighted by Gasteiger charge is 2.12. The van der Waals surface area contributed by atoms with Gasteiger partial charge in [-0.15, -0.1) is 0 Å². The summed E-state index contributed by atoms with van der Waals surface area (Å²) in [6, 6.07) is 2.01. The summed E-state index contributed by atoms with van der Waals surface area (Å²) >= 11 is 0. The van der Waals surface area contributed by atoms with Gasteiger partial charge in [0.2, 0.25) is 0 Å². The summed E-state index contributed by atoms with van der Waals surface area (Å²) in [5.41, 5.74) is 2.04. The minimum atomic E-state index is 0.323. The Morgan fingerprint density at radius 1 is 1.50 bits per heavy atom. The molecule has 16 heavy (non-hydrogen) atoms. The van der Waals surface area contributed by atoms with Crippen LogP contribution in [0.15, 0.2) is 6.07 Å². The van der Waals surface area contributed by atoms with Crippen LogP contribution >= 0.6 is 0 Å². The molecule has 0 N–H and O–H groups in total. The van der Waals surface area contributed by atoms with Gasteiger partial charge in [0.15, 0.2) is 0 Å². The summed E-state index contributed by atoms with van der Waals surface area (Å²) in [6.07, 6.45) is 2.28. The van der Waals surface area contributed by atoms with Crippen LogP contribution in [0.5, 0.6) is 0 Å². The van der Waals surface area contributed by atoms with E-state index >= 15 is 0 Å². The lowest BCUT2D eigenvalue weighted by Crippen LogP contribution is -2.11. The molecule has 0 aromatic carbocycles. The first-order chi connectivity index (χ1) is 7.56. The van der Waals surface area contributed by atoms with E-state index in [4.69, 9.17) is 0 Å². The lowest BCUT2D eigenvalue weighted by Gasteiger charge is -2.07. The number of rotatable bonds is 6. The molecule has 0 bridgehead atoms. The lowest BCUT2D eigenvalue weighted by atomic mass is 10.00. The van der Waals surface area contributed by atoms with E-state index in [1.165, 1.54) is 0 Å². The van der Waals surface area contributed by atoms with Gasteiger partial charge in [-0.05, 0) is 25.8 Å². The van der Waals surface area contributed by atoms with Gasteiger partial charge in [0.1, 0.15) is 5.78 Å². The average molecular weight is 222 g/mol. The Labute approximate surface area is 97.8 Å². The largest absolute Gasteiger partial charge is 0.299 e.